The molecular formula is C20H21F3N2O2. The first kappa shape index (κ1) is 20.5. The summed E-state index contributed by atoms with van der Waals surface area (Å²) in [5, 5.41) is 5.26. The summed E-state index contributed by atoms with van der Waals surface area (Å²) in [5.41, 5.74) is 1.56. The minimum atomic E-state index is -4.43. The molecule has 2 aromatic rings. The van der Waals surface area contributed by atoms with Crippen LogP contribution >= 0.6 is 0 Å². The molecule has 0 bridgehead atoms. The Morgan fingerprint density at radius 3 is 2.07 bits per heavy atom. The summed E-state index contributed by atoms with van der Waals surface area (Å²) >= 11 is 0. The summed E-state index contributed by atoms with van der Waals surface area (Å²) in [6.07, 6.45) is -3.46. The van der Waals surface area contributed by atoms with E-state index in [4.69, 9.17) is 0 Å². The molecule has 2 aromatic carbocycles. The number of carbonyl (C=O) groups excluding carboxylic acids is 2. The van der Waals surface area contributed by atoms with Crippen molar-refractivity contribution in [3.05, 3.63) is 70.8 Å². The lowest BCUT2D eigenvalue weighted by Crippen LogP contribution is -2.34. The molecule has 0 aliphatic carbocycles. The number of hydrogen-bond acceptors (Lipinski definition) is 2. The molecule has 0 atom stereocenters. The maximum absolute atomic E-state index is 12.5. The number of amides is 2. The van der Waals surface area contributed by atoms with E-state index in [0.717, 1.165) is 35.4 Å². The van der Waals surface area contributed by atoms with Gasteiger partial charge in [0.1, 0.15) is 0 Å². The van der Waals surface area contributed by atoms with Gasteiger partial charge in [0, 0.05) is 25.1 Å². The monoisotopic (exact) mass is 378 g/mol. The summed E-state index contributed by atoms with van der Waals surface area (Å²) in [6.45, 7) is 2.44. The lowest BCUT2D eigenvalue weighted by atomic mass is 10.1. The maximum atomic E-state index is 12.5. The van der Waals surface area contributed by atoms with Crippen LogP contribution in [0.3, 0.4) is 0 Å². The van der Waals surface area contributed by atoms with Gasteiger partial charge < -0.3 is 10.6 Å². The number of halogens is 3. The third-order valence-electron chi connectivity index (χ3n) is 3.97. The molecule has 0 heterocycles. The number of benzene rings is 2. The molecule has 7 heteroatoms. The normalized spacial score (nSPS) is 11.1. The van der Waals surface area contributed by atoms with Gasteiger partial charge >= 0.3 is 6.18 Å². The van der Waals surface area contributed by atoms with E-state index < -0.39 is 17.6 Å². The fourth-order valence-corrected chi connectivity index (χ4v) is 2.39. The highest BCUT2D eigenvalue weighted by molar-refractivity contribution is 5.94. The predicted molar refractivity (Wildman–Crippen MR) is 96.3 cm³/mol. The highest BCUT2D eigenvalue weighted by atomic mass is 19.4. The molecule has 0 aliphatic rings. The SMILES string of the molecule is Cc1ccc(CCC(=O)NCCNC(=O)c2ccc(C(F)(F)F)cc2)cc1. The molecule has 2 N–H and O–H groups in total. The van der Waals surface area contributed by atoms with E-state index in [0.29, 0.717) is 12.8 Å². The van der Waals surface area contributed by atoms with Crippen molar-refractivity contribution in [3.63, 3.8) is 0 Å². The van der Waals surface area contributed by atoms with Crippen molar-refractivity contribution in [2.24, 2.45) is 0 Å². The van der Waals surface area contributed by atoms with Crippen molar-refractivity contribution in [2.45, 2.75) is 25.9 Å². The third kappa shape index (κ3) is 6.77. The Labute approximate surface area is 155 Å². The standard InChI is InChI=1S/C20H21F3N2O2/c1-14-2-4-15(5-3-14)6-11-18(26)24-12-13-25-19(27)16-7-9-17(10-8-16)20(21,22)23/h2-5,7-10H,6,11-13H2,1H3,(H,24,26)(H,25,27). The van der Waals surface area contributed by atoms with E-state index in [-0.39, 0.29) is 24.6 Å². The molecule has 2 rings (SSSR count). The molecule has 0 saturated heterocycles. The number of hydrogen-bond donors (Lipinski definition) is 2. The zero-order chi connectivity index (χ0) is 19.9. The van der Waals surface area contributed by atoms with Gasteiger partial charge in [0.2, 0.25) is 5.91 Å². The van der Waals surface area contributed by atoms with Crippen LogP contribution in [0.5, 0.6) is 0 Å². The smallest absolute Gasteiger partial charge is 0.354 e. The van der Waals surface area contributed by atoms with Gasteiger partial charge in [-0.05, 0) is 43.2 Å². The molecule has 0 saturated carbocycles. The quantitative estimate of drug-likeness (QED) is 0.725. The summed E-state index contributed by atoms with van der Waals surface area (Å²) in [6, 6.07) is 11.9. The van der Waals surface area contributed by atoms with Gasteiger partial charge in [0.25, 0.3) is 5.91 Å². The summed E-state index contributed by atoms with van der Waals surface area (Å²) in [7, 11) is 0. The number of aryl methyl sites for hydroxylation is 2. The van der Waals surface area contributed by atoms with Crippen LogP contribution in [0.25, 0.3) is 0 Å². The van der Waals surface area contributed by atoms with E-state index >= 15 is 0 Å². The lowest BCUT2D eigenvalue weighted by Gasteiger charge is -2.09. The van der Waals surface area contributed by atoms with Crippen LogP contribution in [0.2, 0.25) is 0 Å². The third-order valence-corrected chi connectivity index (χ3v) is 3.97. The molecule has 2 amide bonds. The molecule has 27 heavy (non-hydrogen) atoms. The zero-order valence-corrected chi connectivity index (χ0v) is 14.9. The Hall–Kier alpha value is -2.83. The van der Waals surface area contributed by atoms with Crippen LogP contribution in [0.4, 0.5) is 13.2 Å². The van der Waals surface area contributed by atoms with E-state index in [9.17, 15) is 22.8 Å². The van der Waals surface area contributed by atoms with Crippen molar-refractivity contribution in [3.8, 4) is 0 Å². The minimum Gasteiger partial charge on any atom is -0.354 e. The van der Waals surface area contributed by atoms with Crippen molar-refractivity contribution in [1.82, 2.24) is 10.6 Å². The van der Waals surface area contributed by atoms with Gasteiger partial charge in [-0.15, -0.1) is 0 Å². The van der Waals surface area contributed by atoms with E-state index in [1.807, 2.05) is 31.2 Å². The Kier molecular flexibility index (Phi) is 6.98. The van der Waals surface area contributed by atoms with Gasteiger partial charge in [0.05, 0.1) is 5.56 Å². The Balaban J connectivity index is 1.67. The number of carbonyl (C=O) groups is 2. The topological polar surface area (TPSA) is 58.2 Å². The molecule has 0 aromatic heterocycles. The molecule has 4 nitrogen and oxygen atoms in total. The van der Waals surface area contributed by atoms with Gasteiger partial charge in [-0.25, -0.2) is 0 Å². The minimum absolute atomic E-state index is 0.126. The second-order valence-electron chi connectivity index (χ2n) is 6.17. The molecule has 0 aliphatic heterocycles. The molecule has 0 fully saturated rings. The van der Waals surface area contributed by atoms with E-state index in [1.54, 1.807) is 0 Å². The van der Waals surface area contributed by atoms with Crippen LogP contribution in [0.15, 0.2) is 48.5 Å². The largest absolute Gasteiger partial charge is 0.416 e. The number of alkyl halides is 3. The fraction of sp³-hybridized carbons (Fsp3) is 0.300. The van der Waals surface area contributed by atoms with E-state index in [2.05, 4.69) is 10.6 Å². The fourth-order valence-electron chi connectivity index (χ4n) is 2.39. The highest BCUT2D eigenvalue weighted by Gasteiger charge is 2.30. The van der Waals surface area contributed by atoms with Gasteiger partial charge in [-0.2, -0.15) is 13.2 Å². The average Bonchev–Trinajstić information content (AvgIpc) is 2.64. The second kappa shape index (κ2) is 9.21. The zero-order valence-electron chi connectivity index (χ0n) is 14.9. The Morgan fingerprint density at radius 2 is 1.48 bits per heavy atom. The summed E-state index contributed by atoms with van der Waals surface area (Å²) in [4.78, 5) is 23.7. The molecule has 0 radical (unpaired) electrons. The van der Waals surface area contributed by atoms with Crippen LogP contribution in [-0.2, 0) is 17.4 Å². The molecule has 0 spiro atoms. The first-order valence-corrected chi connectivity index (χ1v) is 8.53. The van der Waals surface area contributed by atoms with Crippen LogP contribution in [0, 0.1) is 6.92 Å². The average molecular weight is 378 g/mol. The van der Waals surface area contributed by atoms with Crippen LogP contribution < -0.4 is 10.6 Å². The van der Waals surface area contributed by atoms with Crippen LogP contribution in [0.1, 0.15) is 33.5 Å². The first-order chi connectivity index (χ1) is 12.8. The first-order valence-electron chi connectivity index (χ1n) is 8.53. The van der Waals surface area contributed by atoms with E-state index in [1.165, 1.54) is 0 Å². The molecule has 144 valence electrons. The number of nitrogens with one attached hydrogen (secondary N) is 2. The second-order valence-corrected chi connectivity index (χ2v) is 6.17. The predicted octanol–water partition coefficient (Wildman–Crippen LogP) is 3.49. The molecular weight excluding hydrogens is 357 g/mol. The maximum Gasteiger partial charge on any atom is 0.416 e. The van der Waals surface area contributed by atoms with Crippen LogP contribution in [-0.4, -0.2) is 24.9 Å². The van der Waals surface area contributed by atoms with Gasteiger partial charge in [0.15, 0.2) is 0 Å². The van der Waals surface area contributed by atoms with Crippen molar-refractivity contribution in [2.75, 3.05) is 13.1 Å². The highest BCUT2D eigenvalue weighted by Crippen LogP contribution is 2.29. The Morgan fingerprint density at radius 1 is 0.889 bits per heavy atom. The van der Waals surface area contributed by atoms with Crippen molar-refractivity contribution in [1.29, 1.82) is 0 Å². The number of rotatable bonds is 7. The molecule has 0 unspecified atom stereocenters. The summed E-state index contributed by atoms with van der Waals surface area (Å²) in [5.74, 6) is -0.614. The van der Waals surface area contributed by atoms with Gasteiger partial charge in [-0.3, -0.25) is 9.59 Å². The van der Waals surface area contributed by atoms with Gasteiger partial charge in [-0.1, -0.05) is 29.8 Å². The van der Waals surface area contributed by atoms with Crippen molar-refractivity contribution >= 4 is 11.8 Å². The van der Waals surface area contributed by atoms with Crippen molar-refractivity contribution < 1.29 is 22.8 Å². The summed E-state index contributed by atoms with van der Waals surface area (Å²) < 4.78 is 37.5. The Bertz CT molecular complexity index is 769. The lowest BCUT2D eigenvalue weighted by molar-refractivity contribution is -0.137.